The Morgan fingerprint density at radius 1 is 0.979 bits per heavy atom. The summed E-state index contributed by atoms with van der Waals surface area (Å²) in [5.74, 6) is -5.17. The van der Waals surface area contributed by atoms with Crippen molar-refractivity contribution in [3.63, 3.8) is 0 Å². The zero-order valence-corrected chi connectivity index (χ0v) is 28.0. The molecule has 10 nitrogen and oxygen atoms in total. The van der Waals surface area contributed by atoms with Crippen molar-refractivity contribution in [2.45, 2.75) is 79.8 Å². The van der Waals surface area contributed by atoms with E-state index in [0.29, 0.717) is 16.7 Å². The van der Waals surface area contributed by atoms with Crippen LogP contribution in [0.1, 0.15) is 94.8 Å². The Labute approximate surface area is 274 Å². The van der Waals surface area contributed by atoms with Gasteiger partial charge >= 0.3 is 6.03 Å². The van der Waals surface area contributed by atoms with Crippen molar-refractivity contribution in [3.8, 4) is 5.75 Å². The van der Waals surface area contributed by atoms with Gasteiger partial charge in [-0.15, -0.1) is 0 Å². The molecule has 2 aromatic rings. The summed E-state index contributed by atoms with van der Waals surface area (Å²) in [6, 6.07) is 8.75. The number of benzene rings is 2. The van der Waals surface area contributed by atoms with E-state index in [1.165, 1.54) is 19.1 Å². The molecule has 0 aromatic heterocycles. The van der Waals surface area contributed by atoms with Crippen LogP contribution in [0.4, 0.5) is 10.5 Å². The lowest BCUT2D eigenvalue weighted by molar-refractivity contribution is -0.180. The van der Waals surface area contributed by atoms with Crippen molar-refractivity contribution >= 4 is 40.7 Å². The van der Waals surface area contributed by atoms with Gasteiger partial charge in [-0.05, 0) is 73.8 Å². The normalized spacial score (nSPS) is 27.0. The number of phenolic OH excluding ortho intramolecular Hbond substituents is 1. The quantitative estimate of drug-likeness (QED) is 0.155. The number of nitrogens with one attached hydrogen (secondary N) is 2. The van der Waals surface area contributed by atoms with Gasteiger partial charge in [-0.3, -0.25) is 24.5 Å². The van der Waals surface area contributed by atoms with Crippen LogP contribution in [0, 0.1) is 22.7 Å². The second kappa shape index (κ2) is 11.3. The first kappa shape index (κ1) is 33.8. The third-order valence-corrected chi connectivity index (χ3v) is 10.5. The maximum absolute atomic E-state index is 14.6. The molecule has 10 heteroatoms. The lowest BCUT2D eigenvalue weighted by Gasteiger charge is -2.60. The first-order chi connectivity index (χ1) is 21.8. The molecule has 3 aliphatic rings. The van der Waals surface area contributed by atoms with Gasteiger partial charge in [0.1, 0.15) is 11.5 Å². The first-order valence-corrected chi connectivity index (χ1v) is 15.9. The van der Waals surface area contributed by atoms with Gasteiger partial charge in [-0.2, -0.15) is 0 Å². The van der Waals surface area contributed by atoms with Gasteiger partial charge in [0.05, 0.1) is 16.8 Å². The number of aliphatic hydroxyl groups excluding tert-OH is 1. The minimum absolute atomic E-state index is 0.101. The number of ketones is 3. The van der Waals surface area contributed by atoms with E-state index in [9.17, 15) is 39.3 Å². The Kier molecular flexibility index (Phi) is 8.12. The summed E-state index contributed by atoms with van der Waals surface area (Å²) >= 11 is 0. The van der Waals surface area contributed by atoms with Gasteiger partial charge in [-0.25, -0.2) is 4.79 Å². The average Bonchev–Trinajstić information content (AvgIpc) is 2.96. The number of amides is 3. The zero-order valence-electron chi connectivity index (χ0n) is 28.0. The molecule has 0 spiro atoms. The molecule has 248 valence electrons. The Balaban J connectivity index is 1.67. The van der Waals surface area contributed by atoms with Crippen molar-refractivity contribution < 1.29 is 39.3 Å². The van der Waals surface area contributed by atoms with Crippen LogP contribution in [0.2, 0.25) is 0 Å². The number of carbonyl (C=O) groups excluding carboxylic acids is 5. The van der Waals surface area contributed by atoms with Crippen LogP contribution in [-0.2, 0) is 20.8 Å². The number of aromatic hydroxyl groups is 1. The second-order valence-electron chi connectivity index (χ2n) is 14.4. The molecule has 47 heavy (non-hydrogen) atoms. The molecule has 3 amide bonds. The molecule has 1 saturated carbocycles. The van der Waals surface area contributed by atoms with Gasteiger partial charge in [0.25, 0.3) is 5.91 Å². The van der Waals surface area contributed by atoms with Crippen molar-refractivity contribution in [1.82, 2.24) is 5.32 Å². The van der Waals surface area contributed by atoms with E-state index in [2.05, 4.69) is 10.6 Å². The lowest BCUT2D eigenvalue weighted by atomic mass is 9.42. The Morgan fingerprint density at radius 2 is 1.60 bits per heavy atom. The molecule has 5 rings (SSSR count). The zero-order chi connectivity index (χ0) is 35.0. The van der Waals surface area contributed by atoms with Crippen molar-refractivity contribution in [2.75, 3.05) is 5.32 Å². The van der Waals surface area contributed by atoms with E-state index in [-0.39, 0.29) is 52.6 Å². The number of Topliss-reactive ketones (excluding diaryl/α,β-unsaturated/α-hetero) is 3. The summed E-state index contributed by atoms with van der Waals surface area (Å²) in [6.45, 7) is 14.1. The SMILES string of the molecule is CC(=O)C1=C(C)[C@@H](C(C)C)[C@]2(C)C[C@]3(C)Cc4c(C(C)C)cc(NC(=O)NC(=O)c5ccccc5)c(O)c4C(O)=C3C(=O)[C@]2(O)C1=O. The average molecular weight is 643 g/mol. The molecule has 0 radical (unpaired) electrons. The smallest absolute Gasteiger partial charge is 0.326 e. The summed E-state index contributed by atoms with van der Waals surface area (Å²) in [4.78, 5) is 66.9. The highest BCUT2D eigenvalue weighted by Gasteiger charge is 2.72. The highest BCUT2D eigenvalue weighted by atomic mass is 16.3. The van der Waals surface area contributed by atoms with Crippen molar-refractivity contribution in [1.29, 1.82) is 0 Å². The minimum atomic E-state index is -2.65. The fraction of sp³-hybridized carbons (Fsp3) is 0.432. The number of urea groups is 1. The van der Waals surface area contributed by atoms with Crippen LogP contribution in [0.3, 0.4) is 0 Å². The predicted octanol–water partition coefficient (Wildman–Crippen LogP) is 5.78. The molecule has 0 bridgehead atoms. The third kappa shape index (κ3) is 4.83. The Morgan fingerprint density at radius 3 is 2.15 bits per heavy atom. The van der Waals surface area contributed by atoms with Crippen molar-refractivity contribution in [2.24, 2.45) is 22.7 Å². The number of phenols is 1. The Bertz CT molecular complexity index is 1820. The highest BCUT2D eigenvalue weighted by molar-refractivity contribution is 6.33. The molecule has 3 aliphatic carbocycles. The van der Waals surface area contributed by atoms with Crippen molar-refractivity contribution in [3.05, 3.63) is 75.4 Å². The largest absolute Gasteiger partial charge is 0.507 e. The van der Waals surface area contributed by atoms with Gasteiger partial charge in [0, 0.05) is 22.0 Å². The fourth-order valence-electron chi connectivity index (χ4n) is 8.87. The second-order valence-corrected chi connectivity index (χ2v) is 14.4. The topological polar surface area (TPSA) is 170 Å². The number of hydrogen-bond acceptors (Lipinski definition) is 8. The van der Waals surface area contributed by atoms with Crippen LogP contribution in [0.15, 0.2) is 53.1 Å². The maximum Gasteiger partial charge on any atom is 0.326 e. The number of carbonyl (C=O) groups is 5. The van der Waals surface area contributed by atoms with Gasteiger partial charge < -0.3 is 20.6 Å². The fourth-order valence-corrected chi connectivity index (χ4v) is 8.87. The molecule has 5 N–H and O–H groups in total. The number of fused-ring (bicyclic) bond motifs is 3. The van der Waals surface area contributed by atoms with Gasteiger partial charge in [0.15, 0.2) is 11.4 Å². The number of allylic oxidation sites excluding steroid dienone is 1. The maximum atomic E-state index is 14.6. The number of anilines is 1. The summed E-state index contributed by atoms with van der Waals surface area (Å²) in [6.07, 6.45) is 0.307. The molecule has 4 atom stereocenters. The molecule has 0 saturated heterocycles. The monoisotopic (exact) mass is 642 g/mol. The van der Waals surface area contributed by atoms with E-state index in [4.69, 9.17) is 0 Å². The lowest BCUT2D eigenvalue weighted by Crippen LogP contribution is -2.70. The molecular weight excluding hydrogens is 600 g/mol. The summed E-state index contributed by atoms with van der Waals surface area (Å²) in [7, 11) is 0. The summed E-state index contributed by atoms with van der Waals surface area (Å²) in [5.41, 5.74) is -3.63. The van der Waals surface area contributed by atoms with E-state index in [0.717, 1.165) is 0 Å². The van der Waals surface area contributed by atoms with Gasteiger partial charge in [-0.1, -0.05) is 65.3 Å². The van der Waals surface area contributed by atoms with Crippen LogP contribution in [0.5, 0.6) is 5.75 Å². The molecule has 0 unspecified atom stereocenters. The molecule has 0 aliphatic heterocycles. The minimum Gasteiger partial charge on any atom is -0.507 e. The summed E-state index contributed by atoms with van der Waals surface area (Å²) < 4.78 is 0. The first-order valence-electron chi connectivity index (χ1n) is 15.9. The number of rotatable bonds is 5. The number of aliphatic hydroxyl groups is 2. The van der Waals surface area contributed by atoms with E-state index < -0.39 is 63.1 Å². The van der Waals surface area contributed by atoms with Crippen LogP contribution in [0.25, 0.3) is 5.76 Å². The molecule has 0 heterocycles. The number of hydrogen-bond donors (Lipinski definition) is 5. The van der Waals surface area contributed by atoms with E-state index >= 15 is 0 Å². The molecular formula is C37H42N2O8. The standard InChI is InChI=1S/C37H42N2O8/c1-17(2)22-14-24(38-34(46)39-33(45)21-12-10-9-11-13-21)29(41)26-23(22)15-35(7)16-36(8)27(18(3)4)19(5)25(20(6)40)31(43)37(36,47)32(44)28(35)30(26)42/h9-14,17-18,27,41-42,47H,15-16H2,1-8H3,(H2,38,39,45,46)/t27-,35+,36+,37-/m1/s1. The molecule has 2 aromatic carbocycles. The molecule has 1 fully saturated rings. The predicted molar refractivity (Wildman–Crippen MR) is 176 cm³/mol. The van der Waals surface area contributed by atoms with Crippen LogP contribution in [-0.4, -0.2) is 50.2 Å². The van der Waals surface area contributed by atoms with E-state index in [1.54, 1.807) is 38.1 Å². The van der Waals surface area contributed by atoms with Crippen LogP contribution >= 0.6 is 0 Å². The summed E-state index contributed by atoms with van der Waals surface area (Å²) in [5, 5.41) is 40.5. The third-order valence-electron chi connectivity index (χ3n) is 10.5. The Hall–Kier alpha value is -4.57. The highest BCUT2D eigenvalue weighted by Crippen LogP contribution is 2.65. The van der Waals surface area contributed by atoms with Crippen LogP contribution < -0.4 is 10.6 Å². The number of imide groups is 1. The van der Waals surface area contributed by atoms with E-state index in [1.807, 2.05) is 34.6 Å². The van der Waals surface area contributed by atoms with Gasteiger partial charge in [0.2, 0.25) is 11.6 Å².